The summed E-state index contributed by atoms with van der Waals surface area (Å²) in [5.74, 6) is 0.359. The molecule has 2 aromatic carbocycles. The standard InChI is InChI=1S/C29H42Br2N2O2S/c1-2-3-4-5-6-7-8-9-10-11-12-13-14-15-20-32-29(36)33-27(34)22-35-26-19-16-23-21-24(30)17-18-25(23)28(26)31/h16-19,21H,2-15,20,22H2,1H3,(H2,32,33,34,36). The average Bonchev–Trinajstić information content (AvgIpc) is 2.86. The first-order valence-corrected chi connectivity index (χ1v) is 15.6. The number of carbonyl (C=O) groups is 1. The number of thiocarbonyl (C=S) groups is 1. The third-order valence-corrected chi connectivity index (χ3v) is 7.87. The second-order valence-electron chi connectivity index (χ2n) is 9.43. The SMILES string of the molecule is CCCCCCCCCCCCCCCCNC(=S)NC(=O)COc1ccc2cc(Br)ccc2c1Br. The first-order valence-electron chi connectivity index (χ1n) is 13.6. The highest BCUT2D eigenvalue weighted by Gasteiger charge is 2.10. The number of amides is 1. The number of hydrogen-bond acceptors (Lipinski definition) is 3. The van der Waals surface area contributed by atoms with Gasteiger partial charge >= 0.3 is 0 Å². The van der Waals surface area contributed by atoms with Crippen molar-refractivity contribution in [1.82, 2.24) is 10.6 Å². The lowest BCUT2D eigenvalue weighted by atomic mass is 10.0. The lowest BCUT2D eigenvalue weighted by Crippen LogP contribution is -2.41. The summed E-state index contributed by atoms with van der Waals surface area (Å²) in [5.41, 5.74) is 0. The molecule has 4 nitrogen and oxygen atoms in total. The Labute approximate surface area is 240 Å². The Morgan fingerprint density at radius 2 is 1.42 bits per heavy atom. The average molecular weight is 643 g/mol. The van der Waals surface area contributed by atoms with Crippen LogP contribution in [0.25, 0.3) is 10.8 Å². The van der Waals surface area contributed by atoms with Crippen LogP contribution in [0, 0.1) is 0 Å². The van der Waals surface area contributed by atoms with Crippen LogP contribution in [0.15, 0.2) is 39.3 Å². The van der Waals surface area contributed by atoms with Gasteiger partial charge < -0.3 is 15.4 Å². The summed E-state index contributed by atoms with van der Waals surface area (Å²) in [7, 11) is 0. The van der Waals surface area contributed by atoms with Crippen LogP contribution in [0.4, 0.5) is 0 Å². The second kappa shape index (κ2) is 19.0. The fourth-order valence-electron chi connectivity index (χ4n) is 4.23. The summed E-state index contributed by atoms with van der Waals surface area (Å²) in [5, 5.41) is 8.30. The molecule has 0 fully saturated rings. The molecular weight excluding hydrogens is 600 g/mol. The van der Waals surface area contributed by atoms with Crippen molar-refractivity contribution in [2.45, 2.75) is 96.8 Å². The van der Waals surface area contributed by atoms with Gasteiger partial charge in [0, 0.05) is 11.0 Å². The van der Waals surface area contributed by atoms with Crippen molar-refractivity contribution in [3.05, 3.63) is 39.3 Å². The number of carbonyl (C=O) groups excluding carboxylic acids is 1. The number of halogens is 2. The van der Waals surface area contributed by atoms with Crippen LogP contribution >= 0.6 is 44.1 Å². The van der Waals surface area contributed by atoms with E-state index in [0.29, 0.717) is 10.9 Å². The normalized spacial score (nSPS) is 11.0. The van der Waals surface area contributed by atoms with Gasteiger partial charge in [0.05, 0.1) is 4.47 Å². The number of unbranched alkanes of at least 4 members (excludes halogenated alkanes) is 13. The van der Waals surface area contributed by atoms with Crippen LogP contribution in [0.2, 0.25) is 0 Å². The Morgan fingerprint density at radius 3 is 2.03 bits per heavy atom. The summed E-state index contributed by atoms with van der Waals surface area (Å²) >= 11 is 12.3. The molecule has 200 valence electrons. The van der Waals surface area contributed by atoms with E-state index in [0.717, 1.165) is 32.7 Å². The van der Waals surface area contributed by atoms with Crippen molar-refractivity contribution < 1.29 is 9.53 Å². The minimum atomic E-state index is -0.267. The van der Waals surface area contributed by atoms with Gasteiger partial charge in [-0.25, -0.2) is 0 Å². The predicted octanol–water partition coefficient (Wildman–Crippen LogP) is 9.22. The number of nitrogens with one attached hydrogen (secondary N) is 2. The van der Waals surface area contributed by atoms with Crippen LogP contribution in [0.1, 0.15) is 96.8 Å². The molecule has 7 heteroatoms. The Kier molecular flexibility index (Phi) is 16.4. The maximum atomic E-state index is 12.2. The summed E-state index contributed by atoms with van der Waals surface area (Å²) in [6, 6.07) is 9.86. The molecule has 36 heavy (non-hydrogen) atoms. The zero-order valence-corrected chi connectivity index (χ0v) is 25.7. The zero-order chi connectivity index (χ0) is 26.0. The van der Waals surface area contributed by atoms with Crippen LogP contribution in [-0.4, -0.2) is 24.2 Å². The molecule has 2 N–H and O–H groups in total. The Bertz CT molecular complexity index is 939. The quantitative estimate of drug-likeness (QED) is 0.126. The van der Waals surface area contributed by atoms with Crippen LogP contribution in [0.3, 0.4) is 0 Å². The zero-order valence-electron chi connectivity index (χ0n) is 21.7. The van der Waals surface area contributed by atoms with E-state index < -0.39 is 0 Å². The largest absolute Gasteiger partial charge is 0.483 e. The Balaban J connectivity index is 1.46. The monoisotopic (exact) mass is 640 g/mol. The van der Waals surface area contributed by atoms with Gasteiger partial charge in [-0.3, -0.25) is 4.79 Å². The van der Waals surface area contributed by atoms with Gasteiger partial charge in [0.2, 0.25) is 0 Å². The smallest absolute Gasteiger partial charge is 0.264 e. The number of fused-ring (bicyclic) bond motifs is 1. The van der Waals surface area contributed by atoms with Gasteiger partial charge in [0.25, 0.3) is 5.91 Å². The van der Waals surface area contributed by atoms with Crippen LogP contribution in [0.5, 0.6) is 5.75 Å². The first kappa shape index (κ1) is 31.0. The topological polar surface area (TPSA) is 50.4 Å². The lowest BCUT2D eigenvalue weighted by Gasteiger charge is -2.12. The first-order chi connectivity index (χ1) is 17.5. The molecule has 1 amide bonds. The molecule has 0 bridgehead atoms. The number of rotatable bonds is 18. The molecule has 0 unspecified atom stereocenters. The van der Waals surface area contributed by atoms with E-state index in [-0.39, 0.29) is 12.5 Å². The fourth-order valence-corrected chi connectivity index (χ4v) is 5.43. The van der Waals surface area contributed by atoms with Gasteiger partial charge in [-0.05, 0) is 63.5 Å². The molecule has 0 saturated heterocycles. The van der Waals surface area contributed by atoms with Gasteiger partial charge in [0.15, 0.2) is 11.7 Å². The molecule has 0 heterocycles. The lowest BCUT2D eigenvalue weighted by molar-refractivity contribution is -0.121. The van der Waals surface area contributed by atoms with E-state index in [1.54, 1.807) is 0 Å². The molecule has 0 aliphatic carbocycles. The van der Waals surface area contributed by atoms with Crippen molar-refractivity contribution in [2.75, 3.05) is 13.2 Å². The van der Waals surface area contributed by atoms with Gasteiger partial charge in [-0.1, -0.05) is 118 Å². The molecule has 0 aliphatic heterocycles. The van der Waals surface area contributed by atoms with E-state index in [9.17, 15) is 4.79 Å². The van der Waals surface area contributed by atoms with E-state index >= 15 is 0 Å². The van der Waals surface area contributed by atoms with Crippen LogP contribution < -0.4 is 15.4 Å². The summed E-state index contributed by atoms with van der Waals surface area (Å²) in [6.45, 7) is 2.96. The van der Waals surface area contributed by atoms with Crippen molar-refractivity contribution in [3.8, 4) is 5.75 Å². The van der Waals surface area contributed by atoms with Gasteiger partial charge in [0.1, 0.15) is 5.75 Å². The highest BCUT2D eigenvalue weighted by Crippen LogP contribution is 2.34. The number of hydrogen-bond donors (Lipinski definition) is 2. The summed E-state index contributed by atoms with van der Waals surface area (Å²) < 4.78 is 7.56. The van der Waals surface area contributed by atoms with E-state index in [1.807, 2.05) is 30.3 Å². The highest BCUT2D eigenvalue weighted by atomic mass is 79.9. The number of benzene rings is 2. The molecule has 0 aliphatic rings. The molecule has 2 aromatic rings. The molecule has 2 rings (SSSR count). The maximum absolute atomic E-state index is 12.2. The number of ether oxygens (including phenoxy) is 1. The third-order valence-electron chi connectivity index (χ3n) is 6.31. The van der Waals surface area contributed by atoms with Crippen molar-refractivity contribution in [3.63, 3.8) is 0 Å². The minimum absolute atomic E-state index is 0.0959. The minimum Gasteiger partial charge on any atom is -0.483 e. The fraction of sp³-hybridized carbons (Fsp3) is 0.586. The van der Waals surface area contributed by atoms with Crippen LogP contribution in [-0.2, 0) is 4.79 Å². The molecular formula is C29H42Br2N2O2S. The maximum Gasteiger partial charge on any atom is 0.264 e. The molecule has 0 aromatic heterocycles. The second-order valence-corrected chi connectivity index (χ2v) is 11.5. The molecule has 0 atom stereocenters. The van der Waals surface area contributed by atoms with E-state index in [4.69, 9.17) is 17.0 Å². The van der Waals surface area contributed by atoms with Crippen molar-refractivity contribution >= 4 is 65.9 Å². The highest BCUT2D eigenvalue weighted by molar-refractivity contribution is 9.11. The molecule has 0 spiro atoms. The Hall–Kier alpha value is -1.18. The van der Waals surface area contributed by atoms with Gasteiger partial charge in [-0.15, -0.1) is 0 Å². The van der Waals surface area contributed by atoms with Gasteiger partial charge in [-0.2, -0.15) is 0 Å². The predicted molar refractivity (Wildman–Crippen MR) is 164 cm³/mol. The van der Waals surface area contributed by atoms with E-state index in [2.05, 4.69) is 49.4 Å². The van der Waals surface area contributed by atoms with Crippen molar-refractivity contribution in [1.29, 1.82) is 0 Å². The third kappa shape index (κ3) is 12.9. The Morgan fingerprint density at radius 1 is 0.833 bits per heavy atom. The summed E-state index contributed by atoms with van der Waals surface area (Å²) in [6.07, 6.45) is 18.8. The van der Waals surface area contributed by atoms with Crippen molar-refractivity contribution in [2.24, 2.45) is 0 Å². The molecule has 0 radical (unpaired) electrons. The summed E-state index contributed by atoms with van der Waals surface area (Å²) in [4.78, 5) is 12.2. The van der Waals surface area contributed by atoms with E-state index in [1.165, 1.54) is 83.5 Å². The molecule has 0 saturated carbocycles.